The van der Waals surface area contributed by atoms with Gasteiger partial charge in [0.1, 0.15) is 6.54 Å². The Morgan fingerprint density at radius 1 is 1.35 bits per heavy atom. The van der Waals surface area contributed by atoms with E-state index in [2.05, 4.69) is 5.32 Å². The van der Waals surface area contributed by atoms with E-state index >= 15 is 0 Å². The van der Waals surface area contributed by atoms with Crippen molar-refractivity contribution in [1.29, 1.82) is 0 Å². The minimum atomic E-state index is -1.02. The van der Waals surface area contributed by atoms with Gasteiger partial charge >= 0.3 is 12.0 Å². The summed E-state index contributed by atoms with van der Waals surface area (Å²) in [5.74, 6) is -1.02. The first-order chi connectivity index (χ1) is 9.47. The summed E-state index contributed by atoms with van der Waals surface area (Å²) in [5, 5.41) is 11.6. The van der Waals surface area contributed by atoms with Crippen LogP contribution >= 0.6 is 11.8 Å². The number of urea groups is 1. The molecule has 0 aliphatic carbocycles. The summed E-state index contributed by atoms with van der Waals surface area (Å²) in [5.41, 5.74) is 0.659. The Kier molecular flexibility index (Phi) is 6.38. The Balaban J connectivity index is 2.76. The second-order valence-corrected chi connectivity index (χ2v) is 5.32. The summed E-state index contributed by atoms with van der Waals surface area (Å²) in [6.45, 7) is 3.45. The number of nitrogens with one attached hydrogen (secondary N) is 1. The van der Waals surface area contributed by atoms with Gasteiger partial charge in [-0.25, -0.2) is 4.79 Å². The Labute approximate surface area is 123 Å². The van der Waals surface area contributed by atoms with E-state index in [1.165, 1.54) is 4.90 Å². The first kappa shape index (κ1) is 16.4. The molecule has 0 fully saturated rings. The van der Waals surface area contributed by atoms with Gasteiger partial charge in [-0.1, -0.05) is 6.92 Å². The molecule has 2 amide bonds. The molecular weight excluding hydrogens is 276 g/mol. The molecule has 1 rings (SSSR count). The molecule has 0 bridgehead atoms. The number of carboxylic acid groups (broad SMARTS) is 1. The zero-order chi connectivity index (χ0) is 15.1. The minimum Gasteiger partial charge on any atom is -0.480 e. The van der Waals surface area contributed by atoms with Crippen LogP contribution in [0.1, 0.15) is 20.3 Å². The van der Waals surface area contributed by atoms with Crippen LogP contribution in [0.5, 0.6) is 0 Å². The Morgan fingerprint density at radius 2 is 1.95 bits per heavy atom. The van der Waals surface area contributed by atoms with Crippen molar-refractivity contribution in [2.45, 2.75) is 31.2 Å². The maximum atomic E-state index is 12.1. The highest BCUT2D eigenvalue weighted by Gasteiger charge is 2.21. The van der Waals surface area contributed by atoms with Crippen molar-refractivity contribution in [3.05, 3.63) is 24.3 Å². The van der Waals surface area contributed by atoms with Gasteiger partial charge in [-0.05, 0) is 43.9 Å². The molecule has 1 aromatic rings. The third kappa shape index (κ3) is 4.77. The molecule has 1 unspecified atom stereocenters. The van der Waals surface area contributed by atoms with Crippen LogP contribution in [-0.2, 0) is 4.79 Å². The molecule has 1 atom stereocenters. The van der Waals surface area contributed by atoms with Crippen molar-refractivity contribution in [2.75, 3.05) is 18.1 Å². The van der Waals surface area contributed by atoms with Gasteiger partial charge in [-0.2, -0.15) is 0 Å². The summed E-state index contributed by atoms with van der Waals surface area (Å²) in [7, 11) is 0. The van der Waals surface area contributed by atoms with Crippen molar-refractivity contribution in [3.8, 4) is 0 Å². The van der Waals surface area contributed by atoms with Gasteiger partial charge in [0, 0.05) is 16.6 Å². The zero-order valence-corrected chi connectivity index (χ0v) is 12.7. The number of benzene rings is 1. The Hall–Kier alpha value is -1.69. The Morgan fingerprint density at radius 3 is 2.40 bits per heavy atom. The van der Waals surface area contributed by atoms with Crippen LogP contribution in [-0.4, -0.2) is 40.8 Å². The molecule has 0 saturated carbocycles. The van der Waals surface area contributed by atoms with Gasteiger partial charge in [0.25, 0.3) is 0 Å². The van der Waals surface area contributed by atoms with E-state index in [4.69, 9.17) is 5.11 Å². The highest BCUT2D eigenvalue weighted by molar-refractivity contribution is 7.98. The van der Waals surface area contributed by atoms with E-state index in [1.807, 2.05) is 32.2 Å². The smallest absolute Gasteiger partial charge is 0.323 e. The first-order valence-electron chi connectivity index (χ1n) is 6.41. The Bertz CT molecular complexity index is 462. The molecule has 6 heteroatoms. The summed E-state index contributed by atoms with van der Waals surface area (Å²) in [4.78, 5) is 25.4. The lowest BCUT2D eigenvalue weighted by Crippen LogP contribution is -2.44. The molecule has 20 heavy (non-hydrogen) atoms. The van der Waals surface area contributed by atoms with E-state index in [0.29, 0.717) is 12.1 Å². The van der Waals surface area contributed by atoms with Crippen LogP contribution in [0.15, 0.2) is 29.2 Å². The van der Waals surface area contributed by atoms with Gasteiger partial charge in [-0.15, -0.1) is 11.8 Å². The molecule has 1 aromatic carbocycles. The van der Waals surface area contributed by atoms with Gasteiger partial charge < -0.3 is 15.3 Å². The number of hydrogen-bond donors (Lipinski definition) is 2. The monoisotopic (exact) mass is 296 g/mol. The second-order valence-electron chi connectivity index (χ2n) is 4.44. The standard InChI is InChI=1S/C14H20N2O3S/c1-4-10(2)16(9-13(17)18)14(19)15-11-5-7-12(20-3)8-6-11/h5-8,10H,4,9H2,1-3H3,(H,15,19)(H,17,18). The zero-order valence-electron chi connectivity index (χ0n) is 11.9. The second kappa shape index (κ2) is 7.79. The molecule has 110 valence electrons. The average Bonchev–Trinajstić information content (AvgIpc) is 2.44. The molecule has 0 spiro atoms. The third-order valence-corrected chi connectivity index (χ3v) is 3.77. The minimum absolute atomic E-state index is 0.128. The van der Waals surface area contributed by atoms with Crippen LogP contribution in [0.2, 0.25) is 0 Å². The van der Waals surface area contributed by atoms with Gasteiger partial charge in [0.05, 0.1) is 0 Å². The van der Waals surface area contributed by atoms with E-state index < -0.39 is 12.0 Å². The van der Waals surface area contributed by atoms with Crippen LogP contribution in [0.4, 0.5) is 10.5 Å². The average molecular weight is 296 g/mol. The number of rotatable bonds is 6. The van der Waals surface area contributed by atoms with Crippen molar-refractivity contribution in [2.24, 2.45) is 0 Å². The number of thioether (sulfide) groups is 1. The number of carboxylic acids is 1. The molecule has 0 radical (unpaired) electrons. The first-order valence-corrected chi connectivity index (χ1v) is 7.63. The molecule has 0 aliphatic heterocycles. The molecule has 5 nitrogen and oxygen atoms in total. The van der Waals surface area contributed by atoms with Crippen LogP contribution < -0.4 is 5.32 Å². The molecule has 0 saturated heterocycles. The van der Waals surface area contributed by atoms with E-state index in [0.717, 1.165) is 4.90 Å². The fourth-order valence-electron chi connectivity index (χ4n) is 1.66. The predicted molar refractivity (Wildman–Crippen MR) is 81.3 cm³/mol. The van der Waals surface area contributed by atoms with Crippen molar-refractivity contribution in [1.82, 2.24) is 4.90 Å². The lowest BCUT2D eigenvalue weighted by atomic mass is 10.2. The van der Waals surface area contributed by atoms with Crippen LogP contribution in [0, 0.1) is 0 Å². The maximum absolute atomic E-state index is 12.1. The lowest BCUT2D eigenvalue weighted by molar-refractivity contribution is -0.138. The fraction of sp³-hybridized carbons (Fsp3) is 0.429. The van der Waals surface area contributed by atoms with Gasteiger partial charge in [0.15, 0.2) is 0 Å². The number of aliphatic carboxylic acids is 1. The highest BCUT2D eigenvalue weighted by atomic mass is 32.2. The number of carbonyl (C=O) groups is 2. The van der Waals surface area contributed by atoms with Crippen molar-refractivity contribution < 1.29 is 14.7 Å². The molecule has 0 aromatic heterocycles. The van der Waals surface area contributed by atoms with Crippen molar-refractivity contribution in [3.63, 3.8) is 0 Å². The molecule has 0 heterocycles. The van der Waals surface area contributed by atoms with E-state index in [-0.39, 0.29) is 12.6 Å². The third-order valence-electron chi connectivity index (χ3n) is 3.03. The van der Waals surface area contributed by atoms with Crippen molar-refractivity contribution >= 4 is 29.4 Å². The summed E-state index contributed by atoms with van der Waals surface area (Å²) >= 11 is 1.62. The largest absolute Gasteiger partial charge is 0.480 e. The summed E-state index contributed by atoms with van der Waals surface area (Å²) in [6, 6.07) is 6.91. The van der Waals surface area contributed by atoms with E-state index in [1.54, 1.807) is 23.9 Å². The number of carbonyl (C=O) groups excluding carboxylic acids is 1. The molecular formula is C14H20N2O3S. The number of amides is 2. The summed E-state index contributed by atoms with van der Waals surface area (Å²) in [6.07, 6.45) is 2.68. The summed E-state index contributed by atoms with van der Waals surface area (Å²) < 4.78 is 0. The molecule has 0 aliphatic rings. The lowest BCUT2D eigenvalue weighted by Gasteiger charge is -2.27. The number of nitrogens with zero attached hydrogens (tertiary/aromatic N) is 1. The fourth-order valence-corrected chi connectivity index (χ4v) is 2.07. The number of anilines is 1. The van der Waals surface area contributed by atoms with Gasteiger partial charge in [0.2, 0.25) is 0 Å². The quantitative estimate of drug-likeness (QED) is 0.791. The SMILES string of the molecule is CCC(C)N(CC(=O)O)C(=O)Nc1ccc(SC)cc1. The topological polar surface area (TPSA) is 69.6 Å². The number of hydrogen-bond acceptors (Lipinski definition) is 3. The molecule has 2 N–H and O–H groups in total. The van der Waals surface area contributed by atoms with Crippen LogP contribution in [0.25, 0.3) is 0 Å². The highest BCUT2D eigenvalue weighted by Crippen LogP contribution is 2.18. The van der Waals surface area contributed by atoms with Gasteiger partial charge in [-0.3, -0.25) is 4.79 Å². The van der Waals surface area contributed by atoms with Crippen LogP contribution in [0.3, 0.4) is 0 Å². The maximum Gasteiger partial charge on any atom is 0.323 e. The van der Waals surface area contributed by atoms with E-state index in [9.17, 15) is 9.59 Å². The normalized spacial score (nSPS) is 11.8. The predicted octanol–water partition coefficient (Wildman–Crippen LogP) is 3.13.